The fourth-order valence-electron chi connectivity index (χ4n) is 4.96. The second-order valence-electron chi connectivity index (χ2n) is 8.88. The molecule has 0 spiro atoms. The van der Waals surface area contributed by atoms with Crippen molar-refractivity contribution in [3.63, 3.8) is 0 Å². The van der Waals surface area contributed by atoms with Crippen molar-refractivity contribution in [2.75, 3.05) is 31.7 Å². The zero-order chi connectivity index (χ0) is 22.4. The lowest BCUT2D eigenvalue weighted by Crippen LogP contribution is -2.33. The Bertz CT molecular complexity index is 1150. The normalized spacial score (nSPS) is 23.1. The molecule has 9 heteroatoms. The summed E-state index contributed by atoms with van der Waals surface area (Å²) >= 11 is 6.42. The van der Waals surface area contributed by atoms with Crippen molar-refractivity contribution in [1.29, 1.82) is 0 Å². The number of ether oxygens (including phenoxy) is 2. The van der Waals surface area contributed by atoms with Crippen LogP contribution in [0.5, 0.6) is 0 Å². The Hall–Kier alpha value is -2.29. The molecule has 170 valence electrons. The van der Waals surface area contributed by atoms with Crippen LogP contribution in [0.1, 0.15) is 32.1 Å². The van der Waals surface area contributed by atoms with Crippen molar-refractivity contribution in [1.82, 2.24) is 19.5 Å². The second kappa shape index (κ2) is 8.57. The molecule has 0 radical (unpaired) electrons. The van der Waals surface area contributed by atoms with Gasteiger partial charge in [-0.05, 0) is 45.2 Å². The first-order valence-corrected chi connectivity index (χ1v) is 11.4. The van der Waals surface area contributed by atoms with Gasteiger partial charge in [-0.2, -0.15) is 0 Å². The maximum absolute atomic E-state index is 14.9. The molecule has 2 aliphatic rings. The molecule has 0 aliphatic carbocycles. The van der Waals surface area contributed by atoms with E-state index in [4.69, 9.17) is 21.1 Å². The fraction of sp³-hybridized carbons (Fsp3) is 0.522. The van der Waals surface area contributed by atoms with Crippen LogP contribution in [-0.4, -0.2) is 52.0 Å². The van der Waals surface area contributed by atoms with E-state index in [1.54, 1.807) is 6.20 Å². The third-order valence-electron chi connectivity index (χ3n) is 6.46. The Morgan fingerprint density at radius 2 is 2.12 bits per heavy atom. The molecule has 0 unspecified atom stereocenters. The van der Waals surface area contributed by atoms with Crippen molar-refractivity contribution in [3.05, 3.63) is 35.0 Å². The Kier molecular flexibility index (Phi) is 5.77. The van der Waals surface area contributed by atoms with E-state index in [9.17, 15) is 4.39 Å². The van der Waals surface area contributed by atoms with E-state index in [1.165, 1.54) is 6.07 Å². The summed E-state index contributed by atoms with van der Waals surface area (Å²) in [5.74, 6) is 1.76. The van der Waals surface area contributed by atoms with Gasteiger partial charge < -0.3 is 19.4 Å². The lowest BCUT2D eigenvalue weighted by Gasteiger charge is -2.27. The first-order valence-electron chi connectivity index (χ1n) is 11.1. The quantitative estimate of drug-likeness (QED) is 0.599. The van der Waals surface area contributed by atoms with Crippen molar-refractivity contribution in [3.8, 4) is 11.3 Å². The highest BCUT2D eigenvalue weighted by Crippen LogP contribution is 2.34. The molecule has 0 amide bonds. The Morgan fingerprint density at radius 3 is 2.94 bits per heavy atom. The number of hydrogen-bond donors (Lipinski definition) is 1. The monoisotopic (exact) mass is 459 g/mol. The highest BCUT2D eigenvalue weighted by Gasteiger charge is 2.39. The van der Waals surface area contributed by atoms with Gasteiger partial charge in [-0.1, -0.05) is 11.6 Å². The molecular formula is C23H27ClFN5O2. The maximum atomic E-state index is 14.9. The van der Waals surface area contributed by atoms with Gasteiger partial charge in [0.05, 0.1) is 41.7 Å². The fourth-order valence-corrected chi connectivity index (χ4v) is 5.16. The minimum Gasteiger partial charge on any atom is -0.381 e. The molecule has 3 aromatic rings. The summed E-state index contributed by atoms with van der Waals surface area (Å²) in [6.07, 6.45) is 2.65. The van der Waals surface area contributed by atoms with Crippen molar-refractivity contribution in [2.24, 2.45) is 11.8 Å². The number of aryl methyl sites for hydroxylation is 1. The first-order chi connectivity index (χ1) is 15.4. The zero-order valence-corrected chi connectivity index (χ0v) is 19.2. The molecule has 2 aliphatic heterocycles. The van der Waals surface area contributed by atoms with Crippen LogP contribution >= 0.6 is 11.6 Å². The maximum Gasteiger partial charge on any atom is 0.223 e. The largest absolute Gasteiger partial charge is 0.381 e. The summed E-state index contributed by atoms with van der Waals surface area (Å²) in [6, 6.07) is 3.47. The summed E-state index contributed by atoms with van der Waals surface area (Å²) in [7, 11) is 0. The van der Waals surface area contributed by atoms with Gasteiger partial charge in [-0.25, -0.2) is 19.3 Å². The average molecular weight is 460 g/mol. The molecule has 0 bridgehead atoms. The van der Waals surface area contributed by atoms with Crippen LogP contribution in [-0.2, 0) is 9.47 Å². The van der Waals surface area contributed by atoms with Gasteiger partial charge in [0.25, 0.3) is 0 Å². The van der Waals surface area contributed by atoms with Gasteiger partial charge >= 0.3 is 0 Å². The summed E-state index contributed by atoms with van der Waals surface area (Å²) in [5.41, 5.74) is 2.15. The van der Waals surface area contributed by atoms with Crippen LogP contribution in [0.15, 0.2) is 18.3 Å². The number of anilines is 1. The highest BCUT2D eigenvalue weighted by atomic mass is 35.5. The predicted molar refractivity (Wildman–Crippen MR) is 121 cm³/mol. The third-order valence-corrected chi connectivity index (χ3v) is 6.73. The smallest absolute Gasteiger partial charge is 0.223 e. The molecule has 1 N–H and O–H groups in total. The first kappa shape index (κ1) is 21.6. The number of aromatic nitrogens is 4. The zero-order valence-electron chi connectivity index (χ0n) is 18.4. The Labute approximate surface area is 191 Å². The van der Waals surface area contributed by atoms with Crippen molar-refractivity contribution in [2.45, 2.75) is 39.3 Å². The predicted octanol–water partition coefficient (Wildman–Crippen LogP) is 4.64. The molecule has 2 aromatic heterocycles. The number of hydrogen-bond acceptors (Lipinski definition) is 6. The summed E-state index contributed by atoms with van der Waals surface area (Å²) in [4.78, 5) is 13.3. The highest BCUT2D eigenvalue weighted by molar-refractivity contribution is 6.33. The lowest BCUT2D eigenvalue weighted by atomic mass is 9.87. The van der Waals surface area contributed by atoms with E-state index < -0.39 is 5.82 Å². The molecule has 5 rings (SSSR count). The van der Waals surface area contributed by atoms with E-state index in [1.807, 2.05) is 31.4 Å². The lowest BCUT2D eigenvalue weighted by molar-refractivity contribution is 0.0302. The number of fused-ring (bicyclic) bond motifs is 2. The molecule has 2 fully saturated rings. The number of rotatable bonds is 5. The number of halogens is 2. The molecule has 1 aromatic carbocycles. The van der Waals surface area contributed by atoms with Crippen LogP contribution in [0.4, 0.5) is 10.3 Å². The van der Waals surface area contributed by atoms with Gasteiger partial charge in [0, 0.05) is 30.7 Å². The molecule has 0 saturated carbocycles. The Balaban J connectivity index is 1.42. The summed E-state index contributed by atoms with van der Waals surface area (Å²) in [5, 5.41) is 3.65. The number of nitrogens with zero attached hydrogens (tertiary/aromatic N) is 4. The van der Waals surface area contributed by atoms with Gasteiger partial charge in [-0.15, -0.1) is 0 Å². The number of imidazole rings is 1. The van der Waals surface area contributed by atoms with Gasteiger partial charge in [0.2, 0.25) is 5.95 Å². The van der Waals surface area contributed by atoms with E-state index >= 15 is 0 Å². The number of nitrogens with one attached hydrogen (secondary N) is 1. The van der Waals surface area contributed by atoms with E-state index in [0.717, 1.165) is 37.6 Å². The van der Waals surface area contributed by atoms with Crippen molar-refractivity contribution >= 4 is 28.6 Å². The molecular weight excluding hydrogens is 433 g/mol. The van der Waals surface area contributed by atoms with E-state index in [-0.39, 0.29) is 12.1 Å². The minimum absolute atomic E-state index is 0.101. The Morgan fingerprint density at radius 1 is 1.28 bits per heavy atom. The second-order valence-corrected chi connectivity index (χ2v) is 9.29. The van der Waals surface area contributed by atoms with Crippen LogP contribution in [0, 0.1) is 24.6 Å². The van der Waals surface area contributed by atoms with E-state index in [2.05, 4.69) is 20.3 Å². The standard InChI is InChI=1S/C23H27ClFN5O2/c1-12(2)30-13(3)28-22-18(25)6-14(7-19(22)30)21-17(24)8-26-23(29-21)27-9-20-16-4-5-31-10-15(16)11-32-20/h6-8,12,15-16,20H,4-5,9-11H2,1-3H3,(H,26,27,29)/t15-,16-,20-/m1/s1. The number of benzene rings is 1. The molecule has 4 heterocycles. The average Bonchev–Trinajstić information content (AvgIpc) is 3.33. The van der Waals surface area contributed by atoms with Gasteiger partial charge in [-0.3, -0.25) is 0 Å². The SMILES string of the molecule is Cc1nc2c(F)cc(-c3nc(NC[C@H]4OC[C@H]5COCC[C@H]54)ncc3Cl)cc2n1C(C)C. The van der Waals surface area contributed by atoms with Crippen LogP contribution in [0.25, 0.3) is 22.3 Å². The molecule has 2 saturated heterocycles. The molecule has 32 heavy (non-hydrogen) atoms. The third kappa shape index (κ3) is 3.84. The molecule has 7 nitrogen and oxygen atoms in total. The van der Waals surface area contributed by atoms with Crippen LogP contribution < -0.4 is 5.32 Å². The van der Waals surface area contributed by atoms with Crippen LogP contribution in [0.2, 0.25) is 5.02 Å². The van der Waals surface area contributed by atoms with E-state index in [0.29, 0.717) is 46.1 Å². The van der Waals surface area contributed by atoms with Crippen molar-refractivity contribution < 1.29 is 13.9 Å². The molecule has 3 atom stereocenters. The van der Waals surface area contributed by atoms with Crippen LogP contribution in [0.3, 0.4) is 0 Å². The topological polar surface area (TPSA) is 74.1 Å². The summed E-state index contributed by atoms with van der Waals surface area (Å²) in [6.45, 7) is 8.86. The summed E-state index contributed by atoms with van der Waals surface area (Å²) < 4.78 is 28.5. The minimum atomic E-state index is -0.394. The van der Waals surface area contributed by atoms with Gasteiger partial charge in [0.15, 0.2) is 5.82 Å². The van der Waals surface area contributed by atoms with Gasteiger partial charge in [0.1, 0.15) is 11.3 Å².